The predicted octanol–water partition coefficient (Wildman–Crippen LogP) is 2.02. The minimum absolute atomic E-state index is 0.0477. The van der Waals surface area contributed by atoms with Crippen LogP contribution in [0.1, 0.15) is 41.0 Å². The quantitative estimate of drug-likeness (QED) is 0.719. The van der Waals surface area contributed by atoms with Crippen LogP contribution in [0.5, 0.6) is 6.01 Å². The van der Waals surface area contributed by atoms with Crippen LogP contribution in [0.2, 0.25) is 0 Å². The Morgan fingerprint density at radius 2 is 2.04 bits per heavy atom. The number of hydrogen-bond donors (Lipinski definition) is 3. The predicted molar refractivity (Wildman–Crippen MR) is 94.1 cm³/mol. The Hall–Kier alpha value is -2.88. The van der Waals surface area contributed by atoms with Gasteiger partial charge in [0.15, 0.2) is 0 Å². The first-order chi connectivity index (χ1) is 13.2. The average molecular weight is 396 g/mol. The number of H-pyrrole nitrogens is 1. The third-order valence-electron chi connectivity index (χ3n) is 4.33. The number of alkyl halides is 3. The zero-order chi connectivity index (χ0) is 20.3. The van der Waals surface area contributed by atoms with E-state index >= 15 is 0 Å². The monoisotopic (exact) mass is 396 g/mol. The molecule has 7 nitrogen and oxygen atoms in total. The average Bonchev–Trinajstić information content (AvgIpc) is 3.13. The lowest BCUT2D eigenvalue weighted by atomic mass is 10.1. The van der Waals surface area contributed by atoms with Crippen LogP contribution in [0, 0.1) is 0 Å². The Bertz CT molecular complexity index is 890. The molecule has 0 aliphatic carbocycles. The highest BCUT2D eigenvalue weighted by atomic mass is 19.4. The first-order valence-electron chi connectivity index (χ1n) is 8.69. The molecule has 1 aromatic carbocycles. The fraction of sp³-hybridized carbons (Fsp3) is 0.389. The number of carbonyl (C=O) groups excluding carboxylic acids is 1. The van der Waals surface area contributed by atoms with Crippen molar-refractivity contribution in [1.82, 2.24) is 20.6 Å². The third-order valence-corrected chi connectivity index (χ3v) is 4.33. The van der Waals surface area contributed by atoms with Crippen molar-refractivity contribution in [2.75, 3.05) is 13.1 Å². The number of halogens is 3. The first-order valence-corrected chi connectivity index (χ1v) is 8.69. The van der Waals surface area contributed by atoms with Crippen LogP contribution in [0.4, 0.5) is 13.2 Å². The zero-order valence-electron chi connectivity index (χ0n) is 15.0. The second-order valence-electron chi connectivity index (χ2n) is 6.48. The van der Waals surface area contributed by atoms with Gasteiger partial charge in [0.1, 0.15) is 11.8 Å². The molecule has 10 heteroatoms. The van der Waals surface area contributed by atoms with E-state index in [1.165, 1.54) is 12.1 Å². The van der Waals surface area contributed by atoms with Crippen molar-refractivity contribution >= 4 is 5.91 Å². The molecule has 1 amide bonds. The number of carbonyl (C=O) groups is 1. The van der Waals surface area contributed by atoms with Crippen LogP contribution in [0.3, 0.4) is 0 Å². The summed E-state index contributed by atoms with van der Waals surface area (Å²) in [6.45, 7) is 3.03. The molecule has 1 aliphatic rings. The summed E-state index contributed by atoms with van der Waals surface area (Å²) in [5.74, 6) is -0.632. The molecule has 0 spiro atoms. The first kappa shape index (κ1) is 19.9. The summed E-state index contributed by atoms with van der Waals surface area (Å²) in [5.41, 5.74) is -0.958. The van der Waals surface area contributed by atoms with Gasteiger partial charge in [0.05, 0.1) is 11.6 Å². The van der Waals surface area contributed by atoms with E-state index in [0.29, 0.717) is 12.1 Å². The van der Waals surface area contributed by atoms with E-state index in [1.54, 1.807) is 6.92 Å². The van der Waals surface area contributed by atoms with Gasteiger partial charge in [0.25, 0.3) is 17.5 Å². The molecule has 150 valence electrons. The topological polar surface area (TPSA) is 96.1 Å². The van der Waals surface area contributed by atoms with Crippen molar-refractivity contribution in [1.29, 1.82) is 0 Å². The Morgan fingerprint density at radius 3 is 2.64 bits per heavy atom. The number of nitrogens with zero attached hydrogens (tertiary/aromatic N) is 1. The zero-order valence-corrected chi connectivity index (χ0v) is 15.0. The van der Waals surface area contributed by atoms with Gasteiger partial charge in [-0.25, -0.2) is 0 Å². The molecule has 1 fully saturated rings. The Balaban J connectivity index is 1.69. The van der Waals surface area contributed by atoms with Crippen LogP contribution in [0.15, 0.2) is 35.1 Å². The normalized spacial score (nSPS) is 17.9. The van der Waals surface area contributed by atoms with Gasteiger partial charge < -0.3 is 15.4 Å². The number of hydrogen-bond acceptors (Lipinski definition) is 5. The van der Waals surface area contributed by atoms with E-state index in [9.17, 15) is 22.8 Å². The number of rotatable bonds is 5. The molecule has 2 heterocycles. The summed E-state index contributed by atoms with van der Waals surface area (Å²) < 4.78 is 43.5. The Kier molecular flexibility index (Phi) is 5.68. The van der Waals surface area contributed by atoms with Crippen molar-refractivity contribution in [3.8, 4) is 6.01 Å². The highest BCUT2D eigenvalue weighted by Crippen LogP contribution is 2.29. The molecule has 28 heavy (non-hydrogen) atoms. The van der Waals surface area contributed by atoms with Gasteiger partial charge in [0.2, 0.25) is 0 Å². The number of amides is 1. The fourth-order valence-electron chi connectivity index (χ4n) is 2.81. The lowest BCUT2D eigenvalue weighted by Gasteiger charge is -2.16. The van der Waals surface area contributed by atoms with Crippen molar-refractivity contribution in [2.45, 2.75) is 31.7 Å². The number of aromatic nitrogens is 2. The van der Waals surface area contributed by atoms with E-state index < -0.39 is 29.2 Å². The Morgan fingerprint density at radius 1 is 1.32 bits per heavy atom. The standard InChI is InChI=1S/C18H19F3N4O3/c1-10(11-2-4-12(5-3-11)18(19,20)21)23-16(27)14-8-15(26)25-17(24-14)28-13-6-7-22-9-13/h2-5,8,10,13,22H,6-7,9H2,1H3,(H,23,27)(H,24,25,26). The smallest absolute Gasteiger partial charge is 0.416 e. The molecule has 0 radical (unpaired) electrons. The van der Waals surface area contributed by atoms with E-state index in [4.69, 9.17) is 4.74 Å². The van der Waals surface area contributed by atoms with Crippen LogP contribution >= 0.6 is 0 Å². The maximum Gasteiger partial charge on any atom is 0.416 e. The number of aromatic amines is 1. The molecule has 2 atom stereocenters. The number of benzene rings is 1. The molecule has 0 saturated carbocycles. The molecule has 3 rings (SSSR count). The van der Waals surface area contributed by atoms with Crippen LogP contribution in [-0.4, -0.2) is 35.1 Å². The van der Waals surface area contributed by atoms with Crippen molar-refractivity contribution in [3.63, 3.8) is 0 Å². The SMILES string of the molecule is CC(NC(=O)c1cc(=O)[nH]c(OC2CCNC2)n1)c1ccc(C(F)(F)F)cc1. The van der Waals surface area contributed by atoms with Gasteiger partial charge >= 0.3 is 6.18 Å². The third kappa shape index (κ3) is 4.89. The van der Waals surface area contributed by atoms with Gasteiger partial charge in [0, 0.05) is 12.6 Å². The number of nitrogens with one attached hydrogen (secondary N) is 3. The van der Waals surface area contributed by atoms with Crippen molar-refractivity contribution < 1.29 is 22.7 Å². The molecule has 2 aromatic rings. The molecule has 1 aliphatic heterocycles. The van der Waals surface area contributed by atoms with Gasteiger partial charge in [-0.3, -0.25) is 14.6 Å². The van der Waals surface area contributed by atoms with Crippen LogP contribution < -0.4 is 20.9 Å². The Labute approximate surface area is 158 Å². The van der Waals surface area contributed by atoms with Gasteiger partial charge in [-0.15, -0.1) is 0 Å². The summed E-state index contributed by atoms with van der Waals surface area (Å²) in [5, 5.41) is 5.72. The minimum Gasteiger partial charge on any atom is -0.460 e. The molecule has 0 bridgehead atoms. The largest absolute Gasteiger partial charge is 0.460 e. The highest BCUT2D eigenvalue weighted by Gasteiger charge is 2.30. The van der Waals surface area contributed by atoms with Gasteiger partial charge in [-0.2, -0.15) is 18.2 Å². The minimum atomic E-state index is -4.43. The molecule has 2 unspecified atom stereocenters. The van der Waals surface area contributed by atoms with E-state index in [2.05, 4.69) is 20.6 Å². The maximum absolute atomic E-state index is 12.6. The lowest BCUT2D eigenvalue weighted by molar-refractivity contribution is -0.137. The van der Waals surface area contributed by atoms with Crippen LogP contribution in [-0.2, 0) is 6.18 Å². The van der Waals surface area contributed by atoms with Gasteiger partial charge in [-0.05, 0) is 37.6 Å². The molecule has 3 N–H and O–H groups in total. The second kappa shape index (κ2) is 8.01. The maximum atomic E-state index is 12.6. The molecular formula is C18H19F3N4O3. The second-order valence-corrected chi connectivity index (χ2v) is 6.48. The summed E-state index contributed by atoms with van der Waals surface area (Å²) in [4.78, 5) is 30.7. The van der Waals surface area contributed by atoms with Crippen molar-refractivity contribution in [2.24, 2.45) is 0 Å². The molecular weight excluding hydrogens is 377 g/mol. The van der Waals surface area contributed by atoms with Gasteiger partial charge in [-0.1, -0.05) is 12.1 Å². The lowest BCUT2D eigenvalue weighted by Crippen LogP contribution is -2.30. The van der Waals surface area contributed by atoms with E-state index in [0.717, 1.165) is 31.2 Å². The van der Waals surface area contributed by atoms with E-state index in [-0.39, 0.29) is 17.8 Å². The number of ether oxygens (including phenoxy) is 1. The molecule has 1 aromatic heterocycles. The van der Waals surface area contributed by atoms with E-state index in [1.807, 2.05) is 0 Å². The molecule has 1 saturated heterocycles. The van der Waals surface area contributed by atoms with Crippen LogP contribution in [0.25, 0.3) is 0 Å². The highest BCUT2D eigenvalue weighted by molar-refractivity contribution is 5.92. The summed E-state index contributed by atoms with van der Waals surface area (Å²) >= 11 is 0. The summed E-state index contributed by atoms with van der Waals surface area (Å²) in [6, 6.07) is 4.89. The summed E-state index contributed by atoms with van der Waals surface area (Å²) in [6.07, 6.45) is -3.82. The summed E-state index contributed by atoms with van der Waals surface area (Å²) in [7, 11) is 0. The fourth-order valence-corrected chi connectivity index (χ4v) is 2.81. The van der Waals surface area contributed by atoms with Crippen molar-refractivity contribution in [3.05, 3.63) is 57.5 Å².